The van der Waals surface area contributed by atoms with Crippen LogP contribution < -0.4 is 10.9 Å². The number of aryl methyl sites for hydroxylation is 2. The van der Waals surface area contributed by atoms with Gasteiger partial charge in [-0.05, 0) is 46.6 Å². The number of aromatic amines is 1. The Balaban J connectivity index is 1.75. The van der Waals surface area contributed by atoms with Crippen molar-refractivity contribution in [2.75, 3.05) is 13.1 Å². The van der Waals surface area contributed by atoms with Gasteiger partial charge in [0.2, 0.25) is 0 Å². The number of nitrogens with one attached hydrogen (secondary N) is 2. The molecule has 0 aromatic carbocycles. The summed E-state index contributed by atoms with van der Waals surface area (Å²) in [6.07, 6.45) is 5.13. The van der Waals surface area contributed by atoms with E-state index in [1.54, 1.807) is 0 Å². The van der Waals surface area contributed by atoms with Crippen molar-refractivity contribution in [2.24, 2.45) is 0 Å². The minimum atomic E-state index is -0.00139. The minimum absolute atomic E-state index is 0.00139. The molecule has 21 heavy (non-hydrogen) atoms. The molecule has 0 spiro atoms. The van der Waals surface area contributed by atoms with Crippen LogP contribution in [0.1, 0.15) is 55.7 Å². The molecule has 116 valence electrons. The molecule has 1 aromatic heterocycles. The van der Waals surface area contributed by atoms with Gasteiger partial charge in [0.15, 0.2) is 0 Å². The van der Waals surface area contributed by atoms with Gasteiger partial charge in [-0.15, -0.1) is 0 Å². The van der Waals surface area contributed by atoms with Gasteiger partial charge in [-0.2, -0.15) is 0 Å². The molecule has 2 N–H and O–H groups in total. The fourth-order valence-corrected chi connectivity index (χ4v) is 4.09. The molecular formula is C16H26N4O. The SMILES string of the molecule is Cc1nc(C)c(C(C)NC2CCN3CCCCC23)c(=O)[nH]1. The fourth-order valence-electron chi connectivity index (χ4n) is 4.09. The lowest BCUT2D eigenvalue weighted by atomic mass is 9.97. The minimum Gasteiger partial charge on any atom is -0.310 e. The maximum absolute atomic E-state index is 12.2. The lowest BCUT2D eigenvalue weighted by molar-refractivity contribution is 0.177. The van der Waals surface area contributed by atoms with E-state index in [4.69, 9.17) is 0 Å². The van der Waals surface area contributed by atoms with Crippen molar-refractivity contribution in [3.8, 4) is 0 Å². The van der Waals surface area contributed by atoms with Crippen LogP contribution in [-0.2, 0) is 0 Å². The van der Waals surface area contributed by atoms with E-state index in [0.717, 1.165) is 11.3 Å². The zero-order valence-corrected chi connectivity index (χ0v) is 13.3. The number of hydrogen-bond acceptors (Lipinski definition) is 4. The number of aromatic nitrogens is 2. The molecule has 5 nitrogen and oxygen atoms in total. The van der Waals surface area contributed by atoms with Crippen molar-refractivity contribution in [2.45, 2.75) is 64.6 Å². The van der Waals surface area contributed by atoms with Gasteiger partial charge >= 0.3 is 0 Å². The van der Waals surface area contributed by atoms with Crippen LogP contribution in [0.25, 0.3) is 0 Å². The largest absolute Gasteiger partial charge is 0.310 e. The Morgan fingerprint density at radius 2 is 2.10 bits per heavy atom. The van der Waals surface area contributed by atoms with E-state index in [1.807, 2.05) is 13.8 Å². The van der Waals surface area contributed by atoms with Crippen LogP contribution in [0.5, 0.6) is 0 Å². The van der Waals surface area contributed by atoms with Crippen molar-refractivity contribution in [3.63, 3.8) is 0 Å². The van der Waals surface area contributed by atoms with Crippen molar-refractivity contribution < 1.29 is 0 Å². The predicted molar refractivity (Wildman–Crippen MR) is 83.5 cm³/mol. The van der Waals surface area contributed by atoms with Gasteiger partial charge in [-0.1, -0.05) is 6.42 Å². The van der Waals surface area contributed by atoms with Crippen molar-refractivity contribution in [1.29, 1.82) is 0 Å². The summed E-state index contributed by atoms with van der Waals surface area (Å²) in [5.41, 5.74) is 1.63. The average Bonchev–Trinajstić information content (AvgIpc) is 2.81. The number of rotatable bonds is 3. The highest BCUT2D eigenvalue weighted by atomic mass is 16.1. The summed E-state index contributed by atoms with van der Waals surface area (Å²) in [7, 11) is 0. The normalized spacial score (nSPS) is 27.6. The van der Waals surface area contributed by atoms with Crippen LogP contribution in [-0.4, -0.2) is 40.0 Å². The second kappa shape index (κ2) is 5.89. The zero-order chi connectivity index (χ0) is 15.0. The van der Waals surface area contributed by atoms with Gasteiger partial charge in [0.1, 0.15) is 5.82 Å². The number of nitrogens with zero attached hydrogens (tertiary/aromatic N) is 2. The van der Waals surface area contributed by atoms with Gasteiger partial charge in [-0.25, -0.2) is 4.98 Å². The molecule has 2 aliphatic rings. The summed E-state index contributed by atoms with van der Waals surface area (Å²) in [4.78, 5) is 22.1. The third-order valence-electron chi connectivity index (χ3n) is 5.02. The average molecular weight is 290 g/mol. The van der Waals surface area contributed by atoms with E-state index in [2.05, 4.69) is 27.1 Å². The molecule has 0 bridgehead atoms. The van der Waals surface area contributed by atoms with E-state index in [0.29, 0.717) is 17.9 Å². The van der Waals surface area contributed by atoms with E-state index >= 15 is 0 Å². The molecule has 0 aliphatic carbocycles. The number of hydrogen-bond donors (Lipinski definition) is 2. The molecule has 3 heterocycles. The first-order valence-electron chi connectivity index (χ1n) is 8.14. The highest BCUT2D eigenvalue weighted by Gasteiger charge is 2.36. The molecule has 2 fully saturated rings. The summed E-state index contributed by atoms with van der Waals surface area (Å²) in [5, 5.41) is 3.69. The molecule has 2 saturated heterocycles. The smallest absolute Gasteiger partial charge is 0.255 e. The Morgan fingerprint density at radius 3 is 2.86 bits per heavy atom. The van der Waals surface area contributed by atoms with Crippen LogP contribution in [0.2, 0.25) is 0 Å². The molecule has 2 aliphatic heterocycles. The van der Waals surface area contributed by atoms with Gasteiger partial charge in [0.25, 0.3) is 5.56 Å². The highest BCUT2D eigenvalue weighted by Crippen LogP contribution is 2.28. The molecule has 1 aromatic rings. The zero-order valence-electron chi connectivity index (χ0n) is 13.3. The third-order valence-corrected chi connectivity index (χ3v) is 5.02. The van der Waals surface area contributed by atoms with Gasteiger partial charge in [0.05, 0.1) is 5.56 Å². The summed E-state index contributed by atoms with van der Waals surface area (Å²) in [5.74, 6) is 0.688. The number of fused-ring (bicyclic) bond motifs is 1. The van der Waals surface area contributed by atoms with E-state index in [9.17, 15) is 4.79 Å². The Kier molecular flexibility index (Phi) is 4.13. The van der Waals surface area contributed by atoms with Crippen LogP contribution in [0.4, 0.5) is 0 Å². The van der Waals surface area contributed by atoms with Crippen molar-refractivity contribution >= 4 is 0 Å². The standard InChI is InChI=1S/C16H26N4O/c1-10-15(16(21)19-12(3)17-10)11(2)18-13-7-9-20-8-5-4-6-14(13)20/h11,13-14,18H,4-9H2,1-3H3,(H,17,19,21). The second-order valence-electron chi connectivity index (χ2n) is 6.53. The summed E-state index contributed by atoms with van der Waals surface area (Å²) in [6.45, 7) is 8.27. The first-order valence-corrected chi connectivity index (χ1v) is 8.14. The van der Waals surface area contributed by atoms with E-state index in [-0.39, 0.29) is 11.6 Å². The van der Waals surface area contributed by atoms with Gasteiger partial charge in [-0.3, -0.25) is 9.69 Å². The third kappa shape index (κ3) is 2.90. The van der Waals surface area contributed by atoms with Crippen LogP contribution in [0.3, 0.4) is 0 Å². The van der Waals surface area contributed by atoms with E-state index in [1.165, 1.54) is 38.8 Å². The first kappa shape index (κ1) is 14.7. The molecule has 0 saturated carbocycles. The van der Waals surface area contributed by atoms with Crippen molar-refractivity contribution in [3.05, 3.63) is 27.4 Å². The molecular weight excluding hydrogens is 264 g/mol. The van der Waals surface area contributed by atoms with Gasteiger partial charge in [0, 0.05) is 30.4 Å². The molecule has 5 heteroatoms. The number of piperidine rings is 1. The summed E-state index contributed by atoms with van der Waals surface area (Å²) in [6, 6.07) is 1.20. The van der Waals surface area contributed by atoms with Crippen LogP contribution in [0, 0.1) is 13.8 Å². The molecule has 0 amide bonds. The van der Waals surface area contributed by atoms with Crippen LogP contribution in [0.15, 0.2) is 4.79 Å². The Morgan fingerprint density at radius 1 is 1.29 bits per heavy atom. The summed E-state index contributed by atoms with van der Waals surface area (Å²) < 4.78 is 0. The molecule has 3 rings (SSSR count). The maximum Gasteiger partial charge on any atom is 0.255 e. The molecule has 0 radical (unpaired) electrons. The quantitative estimate of drug-likeness (QED) is 0.889. The predicted octanol–water partition coefficient (Wildman–Crippen LogP) is 1.66. The Labute approximate surface area is 126 Å². The Hall–Kier alpha value is -1.20. The summed E-state index contributed by atoms with van der Waals surface area (Å²) >= 11 is 0. The first-order chi connectivity index (χ1) is 10.1. The highest BCUT2D eigenvalue weighted by molar-refractivity contribution is 5.20. The lowest BCUT2D eigenvalue weighted by Crippen LogP contribution is -2.46. The Bertz CT molecular complexity index is 568. The number of H-pyrrole nitrogens is 1. The monoisotopic (exact) mass is 290 g/mol. The second-order valence-corrected chi connectivity index (χ2v) is 6.53. The fraction of sp³-hybridized carbons (Fsp3) is 0.750. The molecule has 3 atom stereocenters. The maximum atomic E-state index is 12.2. The van der Waals surface area contributed by atoms with Crippen molar-refractivity contribution in [1.82, 2.24) is 20.2 Å². The van der Waals surface area contributed by atoms with E-state index < -0.39 is 0 Å². The lowest BCUT2D eigenvalue weighted by Gasteiger charge is -2.33. The van der Waals surface area contributed by atoms with Crippen LogP contribution >= 0.6 is 0 Å². The van der Waals surface area contributed by atoms with Gasteiger partial charge < -0.3 is 10.3 Å². The topological polar surface area (TPSA) is 61.0 Å². The molecule has 3 unspecified atom stereocenters.